The van der Waals surface area contributed by atoms with Crippen molar-refractivity contribution in [3.05, 3.63) is 0 Å². The first kappa shape index (κ1) is 21.3. The summed E-state index contributed by atoms with van der Waals surface area (Å²) in [6, 6.07) is 0. The van der Waals surface area contributed by atoms with Crippen LogP contribution in [-0.4, -0.2) is 69.5 Å². The molecule has 0 bridgehead atoms. The first-order valence-corrected chi connectivity index (χ1v) is 9.81. The molecule has 0 amide bonds. The monoisotopic (exact) mass is 378 g/mol. The van der Waals surface area contributed by atoms with Gasteiger partial charge in [-0.15, -0.1) is 0 Å². The highest BCUT2D eigenvalue weighted by molar-refractivity contribution is 5.79. The maximum absolute atomic E-state index is 12.4. The molecule has 0 spiro atoms. The van der Waals surface area contributed by atoms with Crippen molar-refractivity contribution in [2.75, 3.05) is 52.5 Å². The van der Waals surface area contributed by atoms with E-state index in [1.54, 1.807) is 0 Å². The van der Waals surface area contributed by atoms with Crippen molar-refractivity contribution in [3.63, 3.8) is 0 Å². The van der Waals surface area contributed by atoms with Gasteiger partial charge in [-0.25, -0.2) is 0 Å². The molecule has 0 unspecified atom stereocenters. The van der Waals surface area contributed by atoms with Crippen LogP contribution in [0.4, 0.5) is 13.2 Å². The molecule has 0 atom stereocenters. The number of hydrogen-bond acceptors (Lipinski definition) is 3. The zero-order chi connectivity index (χ0) is 18.9. The van der Waals surface area contributed by atoms with Gasteiger partial charge in [0.25, 0.3) is 0 Å². The molecule has 2 aliphatic rings. The standard InChI is InChI=1S/C18H33F3N4O/c1-2-22-16(23-9-8-18(19,20)21)24-14-17(6-4-3-5-7-17)15-25-10-12-26-13-11-25/h2-15H2,1H3,(H2,22,23,24). The van der Waals surface area contributed by atoms with E-state index in [0.717, 1.165) is 45.7 Å². The van der Waals surface area contributed by atoms with E-state index in [1.165, 1.54) is 19.3 Å². The van der Waals surface area contributed by atoms with E-state index in [-0.39, 0.29) is 12.0 Å². The Morgan fingerprint density at radius 3 is 2.42 bits per heavy atom. The van der Waals surface area contributed by atoms with Crippen LogP contribution in [0.25, 0.3) is 0 Å². The lowest BCUT2D eigenvalue weighted by molar-refractivity contribution is -0.132. The Kier molecular flexibility index (Phi) is 8.47. The fourth-order valence-corrected chi connectivity index (χ4v) is 3.81. The van der Waals surface area contributed by atoms with E-state index in [0.29, 0.717) is 19.0 Å². The third kappa shape index (κ3) is 7.70. The van der Waals surface area contributed by atoms with Crippen molar-refractivity contribution in [1.82, 2.24) is 15.5 Å². The topological polar surface area (TPSA) is 48.9 Å². The molecule has 26 heavy (non-hydrogen) atoms. The Hall–Kier alpha value is -1.02. The Bertz CT molecular complexity index is 431. The Morgan fingerprint density at radius 1 is 1.12 bits per heavy atom. The third-order valence-corrected chi connectivity index (χ3v) is 5.19. The van der Waals surface area contributed by atoms with Crippen LogP contribution in [0.15, 0.2) is 4.99 Å². The molecular weight excluding hydrogens is 345 g/mol. The Balaban J connectivity index is 1.95. The van der Waals surface area contributed by atoms with Crippen LogP contribution >= 0.6 is 0 Å². The highest BCUT2D eigenvalue weighted by Crippen LogP contribution is 2.37. The number of halogens is 3. The van der Waals surface area contributed by atoms with Gasteiger partial charge < -0.3 is 15.4 Å². The number of aliphatic imine (C=N–C) groups is 1. The van der Waals surface area contributed by atoms with Gasteiger partial charge in [0.1, 0.15) is 0 Å². The second kappa shape index (κ2) is 10.3. The maximum Gasteiger partial charge on any atom is 0.390 e. The van der Waals surface area contributed by atoms with Crippen LogP contribution in [0.5, 0.6) is 0 Å². The van der Waals surface area contributed by atoms with Crippen molar-refractivity contribution in [3.8, 4) is 0 Å². The molecule has 1 heterocycles. The molecule has 152 valence electrons. The lowest BCUT2D eigenvalue weighted by Crippen LogP contribution is -2.47. The zero-order valence-electron chi connectivity index (χ0n) is 15.8. The molecular formula is C18H33F3N4O. The number of nitrogens with one attached hydrogen (secondary N) is 2. The fourth-order valence-electron chi connectivity index (χ4n) is 3.81. The minimum absolute atomic E-state index is 0.127. The summed E-state index contributed by atoms with van der Waals surface area (Å²) in [5.74, 6) is 0.490. The first-order chi connectivity index (χ1) is 12.4. The van der Waals surface area contributed by atoms with E-state index < -0.39 is 12.6 Å². The van der Waals surface area contributed by atoms with Crippen molar-refractivity contribution in [2.45, 2.75) is 51.6 Å². The number of ether oxygens (including phenoxy) is 1. The van der Waals surface area contributed by atoms with Crippen LogP contribution < -0.4 is 10.6 Å². The van der Waals surface area contributed by atoms with Crippen LogP contribution in [0.2, 0.25) is 0 Å². The van der Waals surface area contributed by atoms with Gasteiger partial charge in [-0.2, -0.15) is 13.2 Å². The van der Waals surface area contributed by atoms with Gasteiger partial charge in [-0.1, -0.05) is 19.3 Å². The summed E-state index contributed by atoms with van der Waals surface area (Å²) >= 11 is 0. The van der Waals surface area contributed by atoms with Gasteiger partial charge in [-0.3, -0.25) is 9.89 Å². The molecule has 5 nitrogen and oxygen atoms in total. The largest absolute Gasteiger partial charge is 0.390 e. The lowest BCUT2D eigenvalue weighted by Gasteiger charge is -2.41. The van der Waals surface area contributed by atoms with Crippen molar-refractivity contribution in [1.29, 1.82) is 0 Å². The van der Waals surface area contributed by atoms with Gasteiger partial charge in [0.05, 0.1) is 19.6 Å². The predicted octanol–water partition coefficient (Wildman–Crippen LogP) is 2.78. The molecule has 8 heteroatoms. The molecule has 1 saturated heterocycles. The highest BCUT2D eigenvalue weighted by Gasteiger charge is 2.34. The summed E-state index contributed by atoms with van der Waals surface area (Å²) in [6.45, 7) is 7.53. The summed E-state index contributed by atoms with van der Waals surface area (Å²) in [6.07, 6.45) is 0.946. The zero-order valence-corrected chi connectivity index (χ0v) is 15.8. The second-order valence-electron chi connectivity index (χ2n) is 7.44. The maximum atomic E-state index is 12.4. The van der Waals surface area contributed by atoms with Crippen molar-refractivity contribution < 1.29 is 17.9 Å². The normalized spacial score (nSPS) is 22.2. The van der Waals surface area contributed by atoms with Crippen LogP contribution in [0.1, 0.15) is 45.4 Å². The van der Waals surface area contributed by atoms with Crippen LogP contribution in [0, 0.1) is 5.41 Å². The summed E-state index contributed by atoms with van der Waals surface area (Å²) in [4.78, 5) is 7.12. The fraction of sp³-hybridized carbons (Fsp3) is 0.944. The highest BCUT2D eigenvalue weighted by atomic mass is 19.4. The second-order valence-corrected chi connectivity index (χ2v) is 7.44. The molecule has 2 N–H and O–H groups in total. The summed E-state index contributed by atoms with van der Waals surface area (Å²) in [7, 11) is 0. The number of hydrogen-bond donors (Lipinski definition) is 2. The van der Waals surface area contributed by atoms with E-state index in [9.17, 15) is 13.2 Å². The quantitative estimate of drug-likeness (QED) is 0.528. The molecule has 0 aromatic rings. The Labute approximate surface area is 154 Å². The van der Waals surface area contributed by atoms with Crippen molar-refractivity contribution >= 4 is 5.96 Å². The number of rotatable bonds is 7. The number of alkyl halides is 3. The average molecular weight is 378 g/mol. The minimum atomic E-state index is -4.15. The molecule has 1 aliphatic heterocycles. The van der Waals surface area contributed by atoms with Gasteiger partial charge in [0.2, 0.25) is 0 Å². The van der Waals surface area contributed by atoms with Gasteiger partial charge in [-0.05, 0) is 19.8 Å². The van der Waals surface area contributed by atoms with E-state index >= 15 is 0 Å². The summed E-state index contributed by atoms with van der Waals surface area (Å²) < 4.78 is 42.6. The number of guanidine groups is 1. The van der Waals surface area contributed by atoms with Crippen LogP contribution in [-0.2, 0) is 4.74 Å². The molecule has 0 aromatic heterocycles. The van der Waals surface area contributed by atoms with E-state index in [1.807, 2.05) is 6.92 Å². The minimum Gasteiger partial charge on any atom is -0.379 e. The lowest BCUT2D eigenvalue weighted by atomic mass is 9.73. The number of morpholine rings is 1. The molecule has 1 saturated carbocycles. The smallest absolute Gasteiger partial charge is 0.379 e. The first-order valence-electron chi connectivity index (χ1n) is 9.81. The number of nitrogens with zero attached hydrogens (tertiary/aromatic N) is 2. The molecule has 1 aliphatic carbocycles. The van der Waals surface area contributed by atoms with Gasteiger partial charge in [0, 0.05) is 44.7 Å². The van der Waals surface area contributed by atoms with Gasteiger partial charge in [0.15, 0.2) is 5.96 Å². The predicted molar refractivity (Wildman–Crippen MR) is 97.4 cm³/mol. The average Bonchev–Trinajstić information content (AvgIpc) is 2.60. The molecule has 0 radical (unpaired) electrons. The summed E-state index contributed by atoms with van der Waals surface area (Å²) in [5.41, 5.74) is 0.127. The van der Waals surface area contributed by atoms with E-state index in [2.05, 4.69) is 20.5 Å². The third-order valence-electron chi connectivity index (χ3n) is 5.19. The van der Waals surface area contributed by atoms with E-state index in [4.69, 9.17) is 4.74 Å². The van der Waals surface area contributed by atoms with Crippen molar-refractivity contribution in [2.24, 2.45) is 10.4 Å². The molecule has 0 aromatic carbocycles. The molecule has 2 fully saturated rings. The van der Waals surface area contributed by atoms with Gasteiger partial charge >= 0.3 is 6.18 Å². The Morgan fingerprint density at radius 2 is 1.81 bits per heavy atom. The SMILES string of the molecule is CCNC(=NCC1(CN2CCOCC2)CCCCC1)NCCC(F)(F)F. The molecule has 2 rings (SSSR count). The van der Waals surface area contributed by atoms with Crippen LogP contribution in [0.3, 0.4) is 0 Å². The summed E-state index contributed by atoms with van der Waals surface area (Å²) in [5, 5.41) is 5.89.